The van der Waals surface area contributed by atoms with Crippen molar-refractivity contribution in [3.63, 3.8) is 0 Å². The smallest absolute Gasteiger partial charge is 0.268 e. The molecular weight excluding hydrogens is 314 g/mol. The summed E-state index contributed by atoms with van der Waals surface area (Å²) < 4.78 is 0. The van der Waals surface area contributed by atoms with Gasteiger partial charge in [-0.3, -0.25) is 9.59 Å². The molecule has 0 radical (unpaired) electrons. The number of carbonyl (C=O) groups excluding carboxylic acids is 2. The predicted octanol–water partition coefficient (Wildman–Crippen LogP) is 4.64. The minimum Gasteiger partial charge on any atom is -0.268 e. The zero-order valence-electron chi connectivity index (χ0n) is 10.1. The van der Waals surface area contributed by atoms with Crippen molar-refractivity contribution in [3.8, 4) is 0 Å². The highest BCUT2D eigenvalue weighted by Gasteiger charge is 2.36. The molecule has 0 unspecified atom stereocenters. The molecule has 3 nitrogen and oxygen atoms in total. The van der Waals surface area contributed by atoms with Crippen LogP contribution >= 0.6 is 34.7 Å². The summed E-state index contributed by atoms with van der Waals surface area (Å²) in [5.41, 5.74) is 0.534. The average molecular weight is 322 g/mol. The van der Waals surface area contributed by atoms with Crippen LogP contribution in [0.1, 0.15) is 4.88 Å². The summed E-state index contributed by atoms with van der Waals surface area (Å²) in [6, 6.07) is 10.4. The highest BCUT2D eigenvalue weighted by atomic mass is 35.5. The number of thiophene rings is 1. The van der Waals surface area contributed by atoms with E-state index in [0.717, 1.165) is 16.6 Å². The Morgan fingerprint density at radius 1 is 1.10 bits per heavy atom. The molecule has 100 valence electrons. The summed E-state index contributed by atoms with van der Waals surface area (Å²) in [6.45, 7) is 0. The van der Waals surface area contributed by atoms with Crippen molar-refractivity contribution >= 4 is 57.6 Å². The Kier molecular flexibility index (Phi) is 3.65. The molecule has 1 aliphatic heterocycles. The number of halogens is 1. The predicted molar refractivity (Wildman–Crippen MR) is 84.2 cm³/mol. The number of rotatable bonds is 2. The number of imide groups is 1. The average Bonchev–Trinajstić information content (AvgIpc) is 3.02. The van der Waals surface area contributed by atoms with Crippen molar-refractivity contribution in [2.75, 3.05) is 4.90 Å². The number of nitrogens with zero attached hydrogens (tertiary/aromatic N) is 1. The van der Waals surface area contributed by atoms with Gasteiger partial charge in [0.1, 0.15) is 0 Å². The van der Waals surface area contributed by atoms with Crippen molar-refractivity contribution in [1.29, 1.82) is 0 Å². The van der Waals surface area contributed by atoms with Crippen molar-refractivity contribution in [1.82, 2.24) is 0 Å². The van der Waals surface area contributed by atoms with Gasteiger partial charge in [-0.1, -0.05) is 17.7 Å². The van der Waals surface area contributed by atoms with Crippen LogP contribution in [0.15, 0.2) is 46.7 Å². The molecule has 0 bridgehead atoms. The van der Waals surface area contributed by atoms with E-state index in [-0.39, 0.29) is 11.1 Å². The number of thioether (sulfide) groups is 1. The van der Waals surface area contributed by atoms with Gasteiger partial charge in [-0.2, -0.15) is 0 Å². The largest absolute Gasteiger partial charge is 0.298 e. The Bertz CT molecular complexity index is 692. The SMILES string of the molecule is O=C1SC(=Cc2cccs2)C(=O)N1c1ccc(Cl)cc1. The van der Waals surface area contributed by atoms with Crippen molar-refractivity contribution in [3.05, 3.63) is 56.6 Å². The summed E-state index contributed by atoms with van der Waals surface area (Å²) in [4.78, 5) is 26.9. The molecule has 3 rings (SSSR count). The molecule has 1 aromatic carbocycles. The number of anilines is 1. The van der Waals surface area contributed by atoms with Gasteiger partial charge in [-0.05, 0) is 53.5 Å². The van der Waals surface area contributed by atoms with Crippen LogP contribution in [0.2, 0.25) is 5.02 Å². The van der Waals surface area contributed by atoms with Gasteiger partial charge in [0.05, 0.1) is 10.6 Å². The number of benzene rings is 1. The number of hydrogen-bond acceptors (Lipinski definition) is 4. The Hall–Kier alpha value is -1.56. The van der Waals surface area contributed by atoms with E-state index in [1.54, 1.807) is 30.3 Å². The second-order valence-corrected chi connectivity index (χ2v) is 6.42. The first-order valence-electron chi connectivity index (χ1n) is 5.72. The fraction of sp³-hybridized carbons (Fsp3) is 0. The fourth-order valence-electron chi connectivity index (χ4n) is 1.78. The van der Waals surface area contributed by atoms with E-state index in [1.165, 1.54) is 16.2 Å². The van der Waals surface area contributed by atoms with Crippen LogP contribution in [-0.4, -0.2) is 11.1 Å². The molecular formula is C14H8ClNO2S2. The van der Waals surface area contributed by atoms with Crippen molar-refractivity contribution in [2.45, 2.75) is 0 Å². The monoisotopic (exact) mass is 321 g/mol. The van der Waals surface area contributed by atoms with Crippen LogP contribution < -0.4 is 4.90 Å². The van der Waals surface area contributed by atoms with Gasteiger partial charge in [0.15, 0.2) is 0 Å². The number of carbonyl (C=O) groups is 2. The van der Waals surface area contributed by atoms with Gasteiger partial charge in [-0.25, -0.2) is 4.90 Å². The molecule has 6 heteroatoms. The lowest BCUT2D eigenvalue weighted by atomic mass is 10.3. The summed E-state index contributed by atoms with van der Waals surface area (Å²) in [5.74, 6) is -0.296. The maximum Gasteiger partial charge on any atom is 0.298 e. The molecule has 2 heterocycles. The maximum absolute atomic E-state index is 12.3. The first-order valence-corrected chi connectivity index (χ1v) is 7.79. The molecule has 2 aromatic rings. The third-order valence-corrected chi connectivity index (χ3v) is 4.64. The second-order valence-electron chi connectivity index (χ2n) is 4.01. The first kappa shape index (κ1) is 13.4. The Balaban J connectivity index is 1.93. The molecule has 1 aromatic heterocycles. The van der Waals surface area contributed by atoms with E-state index in [9.17, 15) is 9.59 Å². The molecule has 0 aliphatic carbocycles. The first-order chi connectivity index (χ1) is 9.65. The minimum atomic E-state index is -0.296. The van der Waals surface area contributed by atoms with Crippen LogP contribution in [-0.2, 0) is 4.79 Å². The zero-order valence-corrected chi connectivity index (χ0v) is 12.5. The second kappa shape index (κ2) is 5.44. The van der Waals surface area contributed by atoms with E-state index in [4.69, 9.17) is 11.6 Å². The van der Waals surface area contributed by atoms with Crippen molar-refractivity contribution < 1.29 is 9.59 Å². The highest BCUT2D eigenvalue weighted by Crippen LogP contribution is 2.36. The third-order valence-electron chi connectivity index (χ3n) is 2.70. The Labute approximate surface area is 128 Å². The molecule has 0 saturated carbocycles. The molecule has 0 N–H and O–H groups in total. The van der Waals surface area contributed by atoms with E-state index in [2.05, 4.69) is 0 Å². The zero-order chi connectivity index (χ0) is 14.1. The lowest BCUT2D eigenvalue weighted by Crippen LogP contribution is -2.27. The van der Waals surface area contributed by atoms with Gasteiger partial charge >= 0.3 is 0 Å². The molecule has 0 spiro atoms. The van der Waals surface area contributed by atoms with Crippen LogP contribution in [0.5, 0.6) is 0 Å². The van der Waals surface area contributed by atoms with Crippen molar-refractivity contribution in [2.24, 2.45) is 0 Å². The van der Waals surface area contributed by atoms with Crippen LogP contribution in [0.4, 0.5) is 10.5 Å². The quantitative estimate of drug-likeness (QED) is 0.756. The van der Waals surface area contributed by atoms with Gasteiger partial charge < -0.3 is 0 Å². The number of hydrogen-bond donors (Lipinski definition) is 0. The lowest BCUT2D eigenvalue weighted by molar-refractivity contribution is -0.113. The molecule has 20 heavy (non-hydrogen) atoms. The summed E-state index contributed by atoms with van der Waals surface area (Å²) >= 11 is 8.29. The fourth-order valence-corrected chi connectivity index (χ4v) is 3.47. The minimum absolute atomic E-state index is 0.292. The standard InChI is InChI=1S/C14H8ClNO2S2/c15-9-3-5-10(6-4-9)16-13(17)12(20-14(16)18)8-11-2-1-7-19-11/h1-8H. The van der Waals surface area contributed by atoms with Crippen LogP contribution in [0.25, 0.3) is 6.08 Å². The van der Waals surface area contributed by atoms with Gasteiger partial charge in [0.2, 0.25) is 0 Å². The Morgan fingerprint density at radius 2 is 1.85 bits per heavy atom. The lowest BCUT2D eigenvalue weighted by Gasteiger charge is -2.11. The number of amides is 2. The highest BCUT2D eigenvalue weighted by molar-refractivity contribution is 8.19. The van der Waals surface area contributed by atoms with Gasteiger partial charge in [0.25, 0.3) is 11.1 Å². The molecule has 1 aliphatic rings. The third kappa shape index (κ3) is 2.52. The maximum atomic E-state index is 12.3. The normalized spacial score (nSPS) is 17.2. The molecule has 2 amide bonds. The van der Waals surface area contributed by atoms with Crippen LogP contribution in [0, 0.1) is 0 Å². The molecule has 0 atom stereocenters. The summed E-state index contributed by atoms with van der Waals surface area (Å²) in [6.07, 6.45) is 1.74. The van der Waals surface area contributed by atoms with E-state index in [1.807, 2.05) is 17.5 Å². The van der Waals surface area contributed by atoms with Crippen LogP contribution in [0.3, 0.4) is 0 Å². The molecule has 1 fully saturated rings. The molecule has 1 saturated heterocycles. The summed E-state index contributed by atoms with van der Waals surface area (Å²) in [5, 5.41) is 2.20. The van der Waals surface area contributed by atoms with E-state index < -0.39 is 0 Å². The van der Waals surface area contributed by atoms with E-state index >= 15 is 0 Å². The Morgan fingerprint density at radius 3 is 2.50 bits per heavy atom. The summed E-state index contributed by atoms with van der Waals surface area (Å²) in [7, 11) is 0. The van der Waals surface area contributed by atoms with E-state index in [0.29, 0.717) is 15.6 Å². The topological polar surface area (TPSA) is 37.4 Å². The van der Waals surface area contributed by atoms with Gasteiger partial charge in [0, 0.05) is 9.90 Å². The van der Waals surface area contributed by atoms with Gasteiger partial charge in [-0.15, -0.1) is 11.3 Å².